The van der Waals surface area contributed by atoms with Gasteiger partial charge in [0, 0.05) is 30.3 Å². The van der Waals surface area contributed by atoms with Crippen LogP contribution in [0, 0.1) is 0 Å². The molecule has 2 heterocycles. The van der Waals surface area contributed by atoms with Crippen LogP contribution < -0.4 is 10.6 Å². The molecule has 6 nitrogen and oxygen atoms in total. The van der Waals surface area contributed by atoms with E-state index in [4.69, 9.17) is 10.9 Å². The van der Waals surface area contributed by atoms with Crippen LogP contribution in [0.2, 0.25) is 0 Å². The van der Waals surface area contributed by atoms with Crippen molar-refractivity contribution in [2.45, 2.75) is 12.2 Å². The molecule has 1 fully saturated rings. The number of anilines is 1. The van der Waals surface area contributed by atoms with E-state index in [0.717, 1.165) is 18.8 Å². The lowest BCUT2D eigenvalue weighted by atomic mass is 10.3. The van der Waals surface area contributed by atoms with E-state index in [1.54, 1.807) is 12.3 Å². The lowest BCUT2D eigenvalue weighted by Gasteiger charge is -2.30. The number of nitrogens with zero attached hydrogens (tertiary/aromatic N) is 4. The van der Waals surface area contributed by atoms with Crippen LogP contribution in [0.3, 0.4) is 0 Å². The van der Waals surface area contributed by atoms with Crippen LogP contribution >= 0.6 is 11.8 Å². The van der Waals surface area contributed by atoms with Gasteiger partial charge in [-0.1, -0.05) is 12.1 Å². The molecule has 2 rings (SSSR count). The molecule has 0 bridgehead atoms. The first-order valence-electron chi connectivity index (χ1n) is 5.38. The van der Waals surface area contributed by atoms with Crippen molar-refractivity contribution in [3.05, 3.63) is 18.0 Å². The Hall–Kier alpha value is -1.50. The maximum Gasteiger partial charge on any atom is 0.226 e. The van der Waals surface area contributed by atoms with Crippen LogP contribution in [0.15, 0.2) is 17.4 Å². The summed E-state index contributed by atoms with van der Waals surface area (Å²) in [5.74, 6) is 1.72. The number of hydrogen-bond donors (Lipinski definition) is 2. The van der Waals surface area contributed by atoms with Crippen molar-refractivity contribution in [1.82, 2.24) is 9.97 Å². The Morgan fingerprint density at radius 1 is 1.71 bits per heavy atom. The molecule has 1 aromatic rings. The molecule has 1 saturated heterocycles. The topological polar surface area (TPSA) is 87.6 Å². The van der Waals surface area contributed by atoms with Gasteiger partial charge in [-0.3, -0.25) is 0 Å². The summed E-state index contributed by atoms with van der Waals surface area (Å²) in [4.78, 5) is 10.6. The Labute approximate surface area is 104 Å². The fourth-order valence-electron chi connectivity index (χ4n) is 1.69. The van der Waals surface area contributed by atoms with Crippen molar-refractivity contribution in [3.8, 4) is 0 Å². The highest BCUT2D eigenvalue weighted by Crippen LogP contribution is 2.20. The largest absolute Gasteiger partial charge is 0.409 e. The van der Waals surface area contributed by atoms with Gasteiger partial charge in [-0.15, -0.1) is 0 Å². The molecule has 92 valence electrons. The quantitative estimate of drug-likeness (QED) is 0.346. The molecule has 1 aromatic heterocycles. The molecule has 7 heteroatoms. The molecule has 0 aliphatic carbocycles. The average molecular weight is 253 g/mol. The van der Waals surface area contributed by atoms with E-state index in [-0.39, 0.29) is 5.84 Å². The van der Waals surface area contributed by atoms with Gasteiger partial charge < -0.3 is 15.8 Å². The standard InChI is InChI=1S/C10H15N5OS/c1-7-6-15(4-5-17-7)10-12-3-2-8(13-10)9(11)14-16/h2-3,7,16H,4-6H2,1H3,(H2,11,14). The number of rotatable bonds is 2. The monoisotopic (exact) mass is 253 g/mol. The average Bonchev–Trinajstić information content (AvgIpc) is 2.38. The summed E-state index contributed by atoms with van der Waals surface area (Å²) in [5, 5.41) is 12.1. The number of amidine groups is 1. The fourth-order valence-corrected chi connectivity index (χ4v) is 2.71. The number of thioether (sulfide) groups is 1. The Morgan fingerprint density at radius 3 is 3.24 bits per heavy atom. The van der Waals surface area contributed by atoms with Gasteiger partial charge in [-0.25, -0.2) is 9.97 Å². The van der Waals surface area contributed by atoms with Gasteiger partial charge in [0.2, 0.25) is 5.95 Å². The van der Waals surface area contributed by atoms with Crippen LogP contribution in [0.25, 0.3) is 0 Å². The van der Waals surface area contributed by atoms with Crippen LogP contribution in [0.5, 0.6) is 0 Å². The zero-order valence-corrected chi connectivity index (χ0v) is 10.4. The minimum atomic E-state index is 0.00748. The molecule has 1 unspecified atom stereocenters. The van der Waals surface area contributed by atoms with Crippen molar-refractivity contribution in [3.63, 3.8) is 0 Å². The Balaban J connectivity index is 2.21. The molecular formula is C10H15N5OS. The van der Waals surface area contributed by atoms with Crippen LogP contribution in [0.4, 0.5) is 5.95 Å². The highest BCUT2D eigenvalue weighted by molar-refractivity contribution is 8.00. The Bertz CT molecular complexity index is 425. The first-order chi connectivity index (χ1) is 8.20. The Morgan fingerprint density at radius 2 is 2.53 bits per heavy atom. The van der Waals surface area contributed by atoms with E-state index in [1.807, 2.05) is 11.8 Å². The molecule has 1 aliphatic rings. The fraction of sp³-hybridized carbons (Fsp3) is 0.500. The van der Waals surface area contributed by atoms with Gasteiger partial charge in [0.05, 0.1) is 0 Å². The molecule has 17 heavy (non-hydrogen) atoms. The van der Waals surface area contributed by atoms with E-state index in [1.165, 1.54) is 0 Å². The van der Waals surface area contributed by atoms with Gasteiger partial charge >= 0.3 is 0 Å². The predicted octanol–water partition coefficient (Wildman–Crippen LogP) is 0.513. The summed E-state index contributed by atoms with van der Waals surface area (Å²) in [5.41, 5.74) is 5.95. The van der Waals surface area contributed by atoms with Gasteiger partial charge in [0.25, 0.3) is 0 Å². The molecule has 3 N–H and O–H groups in total. The van der Waals surface area contributed by atoms with E-state index >= 15 is 0 Å². The highest BCUT2D eigenvalue weighted by Gasteiger charge is 2.19. The molecule has 0 aromatic carbocycles. The second kappa shape index (κ2) is 5.22. The summed E-state index contributed by atoms with van der Waals surface area (Å²) in [6.45, 7) is 4.03. The Kier molecular flexibility index (Phi) is 3.68. The van der Waals surface area contributed by atoms with Gasteiger partial charge in [0.1, 0.15) is 5.69 Å². The number of aromatic nitrogens is 2. The van der Waals surface area contributed by atoms with Gasteiger partial charge in [0.15, 0.2) is 5.84 Å². The van der Waals surface area contributed by atoms with Crippen molar-refractivity contribution in [2.24, 2.45) is 10.9 Å². The third kappa shape index (κ3) is 2.79. The molecule has 0 saturated carbocycles. The third-order valence-corrected chi connectivity index (χ3v) is 3.67. The molecular weight excluding hydrogens is 238 g/mol. The lowest BCUT2D eigenvalue weighted by Crippen LogP contribution is -2.38. The highest BCUT2D eigenvalue weighted by atomic mass is 32.2. The number of nitrogens with two attached hydrogens (primary N) is 1. The lowest BCUT2D eigenvalue weighted by molar-refractivity contribution is 0.318. The molecule has 1 atom stereocenters. The minimum Gasteiger partial charge on any atom is -0.409 e. The summed E-state index contributed by atoms with van der Waals surface area (Å²) in [6.07, 6.45) is 1.63. The van der Waals surface area contributed by atoms with Crippen LogP contribution in [-0.2, 0) is 0 Å². The van der Waals surface area contributed by atoms with Gasteiger partial charge in [-0.05, 0) is 6.07 Å². The first kappa shape index (κ1) is 12.0. The van der Waals surface area contributed by atoms with Crippen molar-refractivity contribution in [2.75, 3.05) is 23.7 Å². The maximum absolute atomic E-state index is 8.62. The molecule has 0 amide bonds. The minimum absolute atomic E-state index is 0.00748. The zero-order chi connectivity index (χ0) is 12.3. The summed E-state index contributed by atoms with van der Waals surface area (Å²) in [6, 6.07) is 1.63. The second-order valence-corrected chi connectivity index (χ2v) is 5.40. The zero-order valence-electron chi connectivity index (χ0n) is 9.58. The molecule has 1 aliphatic heterocycles. The van der Waals surface area contributed by atoms with Crippen molar-refractivity contribution < 1.29 is 5.21 Å². The summed E-state index contributed by atoms with van der Waals surface area (Å²) in [7, 11) is 0. The van der Waals surface area contributed by atoms with Crippen molar-refractivity contribution in [1.29, 1.82) is 0 Å². The van der Waals surface area contributed by atoms with Crippen molar-refractivity contribution >= 4 is 23.5 Å². The van der Waals surface area contributed by atoms with E-state index in [2.05, 4.69) is 26.9 Å². The summed E-state index contributed by atoms with van der Waals surface area (Å²) < 4.78 is 0. The van der Waals surface area contributed by atoms with Gasteiger partial charge in [-0.2, -0.15) is 11.8 Å². The normalized spacial score (nSPS) is 21.6. The summed E-state index contributed by atoms with van der Waals surface area (Å²) >= 11 is 1.95. The maximum atomic E-state index is 8.62. The van der Waals surface area contributed by atoms with Crippen LogP contribution in [-0.4, -0.2) is 45.1 Å². The number of oxime groups is 1. The van der Waals surface area contributed by atoms with E-state index in [9.17, 15) is 0 Å². The predicted molar refractivity (Wildman–Crippen MR) is 68.7 cm³/mol. The third-order valence-electron chi connectivity index (χ3n) is 2.54. The molecule has 0 spiro atoms. The van der Waals surface area contributed by atoms with Crippen LogP contribution in [0.1, 0.15) is 12.6 Å². The second-order valence-electron chi connectivity index (χ2n) is 3.85. The van der Waals surface area contributed by atoms with E-state index in [0.29, 0.717) is 16.9 Å². The smallest absolute Gasteiger partial charge is 0.226 e. The first-order valence-corrected chi connectivity index (χ1v) is 6.43. The number of hydrogen-bond acceptors (Lipinski definition) is 6. The SMILES string of the molecule is CC1CN(c2nccc(/C(N)=N/O)n2)CCS1. The molecule has 0 radical (unpaired) electrons. The van der Waals surface area contributed by atoms with E-state index < -0.39 is 0 Å².